The van der Waals surface area contributed by atoms with Crippen LogP contribution in [0.2, 0.25) is 0 Å². The number of likely N-dealkylation sites (N-methyl/N-ethyl adjacent to an activating group) is 1. The molecular weight excluding hydrogens is 260 g/mol. The highest BCUT2D eigenvalue weighted by atomic mass is 32.2. The Balaban J connectivity index is 4.44. The third-order valence-electron chi connectivity index (χ3n) is 2.09. The molecule has 18 heavy (non-hydrogen) atoms. The molecule has 7 nitrogen and oxygen atoms in total. The summed E-state index contributed by atoms with van der Waals surface area (Å²) in [6.07, 6.45) is 0.491. The highest BCUT2D eigenvalue weighted by Crippen LogP contribution is 2.04. The molecule has 0 bridgehead atoms. The average Bonchev–Trinajstić information content (AvgIpc) is 2.23. The van der Waals surface area contributed by atoms with Crippen LogP contribution in [0, 0.1) is 0 Å². The van der Waals surface area contributed by atoms with E-state index >= 15 is 0 Å². The van der Waals surface area contributed by atoms with Gasteiger partial charge in [0.2, 0.25) is 10.0 Å². The highest BCUT2D eigenvalue weighted by molar-refractivity contribution is 7.88. The van der Waals surface area contributed by atoms with Gasteiger partial charge in [-0.05, 0) is 13.8 Å². The molecule has 0 spiro atoms. The molecule has 0 radical (unpaired) electrons. The van der Waals surface area contributed by atoms with E-state index in [1.165, 1.54) is 7.05 Å². The first kappa shape index (κ1) is 17.3. The summed E-state index contributed by atoms with van der Waals surface area (Å²) in [5.74, 6) is -0.547. The number of nitrogens with two attached hydrogens (primary N) is 1. The van der Waals surface area contributed by atoms with Gasteiger partial charge in [0, 0.05) is 13.6 Å². The van der Waals surface area contributed by atoms with Crippen LogP contribution in [-0.4, -0.2) is 63.9 Å². The summed E-state index contributed by atoms with van der Waals surface area (Å²) in [6, 6.07) is 0. The van der Waals surface area contributed by atoms with Crippen molar-refractivity contribution in [3.8, 4) is 0 Å². The first-order valence-corrected chi connectivity index (χ1v) is 7.44. The second-order valence-electron chi connectivity index (χ2n) is 4.24. The fraction of sp³-hybridized carbons (Fsp3) is 0.900. The smallest absolute Gasteiger partial charge is 0.319 e. The fourth-order valence-electron chi connectivity index (χ4n) is 1.19. The van der Waals surface area contributed by atoms with E-state index in [2.05, 4.69) is 0 Å². The molecule has 8 heteroatoms. The molecule has 0 aliphatic heterocycles. The van der Waals surface area contributed by atoms with E-state index in [1.807, 2.05) is 13.8 Å². The topological polar surface area (TPSA) is 98.9 Å². The van der Waals surface area contributed by atoms with Crippen molar-refractivity contribution in [2.45, 2.75) is 26.1 Å². The molecule has 0 aliphatic carbocycles. The lowest BCUT2D eigenvalue weighted by Gasteiger charge is -2.24. The average molecular weight is 282 g/mol. The molecule has 1 atom stereocenters. The van der Waals surface area contributed by atoms with E-state index in [9.17, 15) is 13.2 Å². The van der Waals surface area contributed by atoms with Crippen LogP contribution in [-0.2, 0) is 24.3 Å². The van der Waals surface area contributed by atoms with Crippen LogP contribution in [0.25, 0.3) is 0 Å². The number of ether oxygens (including phenoxy) is 2. The fourth-order valence-corrected chi connectivity index (χ4v) is 1.62. The number of hydrogen-bond donors (Lipinski definition) is 1. The Morgan fingerprint density at radius 2 is 1.94 bits per heavy atom. The van der Waals surface area contributed by atoms with Crippen LogP contribution < -0.4 is 5.73 Å². The Hall–Kier alpha value is -0.700. The van der Waals surface area contributed by atoms with E-state index in [4.69, 9.17) is 15.2 Å². The molecule has 0 saturated heterocycles. The SMILES string of the molecule is CC(C)O[C@H](COC(=O)CN)CN(C)S(C)(=O)=O. The van der Waals surface area contributed by atoms with Gasteiger partial charge < -0.3 is 15.2 Å². The standard InChI is InChI=1S/C10H22N2O5S/c1-8(2)17-9(7-16-10(13)5-11)6-12(3)18(4,14)15/h8-9H,5-7,11H2,1-4H3/t9-/m0/s1. The molecule has 0 unspecified atom stereocenters. The summed E-state index contributed by atoms with van der Waals surface area (Å²) < 4.78 is 34.1. The Kier molecular flexibility index (Phi) is 7.37. The predicted molar refractivity (Wildman–Crippen MR) is 67.5 cm³/mol. The first-order valence-electron chi connectivity index (χ1n) is 5.59. The number of rotatable bonds is 8. The van der Waals surface area contributed by atoms with E-state index in [0.717, 1.165) is 10.6 Å². The second-order valence-corrected chi connectivity index (χ2v) is 6.33. The van der Waals surface area contributed by atoms with Gasteiger partial charge >= 0.3 is 5.97 Å². The lowest BCUT2D eigenvalue weighted by Crippen LogP contribution is -2.39. The second kappa shape index (κ2) is 7.67. The number of hydrogen-bond acceptors (Lipinski definition) is 6. The Bertz CT molecular complexity index is 355. The maximum Gasteiger partial charge on any atom is 0.319 e. The summed E-state index contributed by atoms with van der Waals surface area (Å²) in [6.45, 7) is 3.52. The maximum atomic E-state index is 11.3. The van der Waals surface area contributed by atoms with Gasteiger partial charge in [0.05, 0.1) is 18.9 Å². The summed E-state index contributed by atoms with van der Waals surface area (Å²) in [7, 11) is -1.85. The highest BCUT2D eigenvalue weighted by Gasteiger charge is 2.20. The zero-order valence-corrected chi connectivity index (χ0v) is 12.1. The van der Waals surface area contributed by atoms with E-state index in [1.54, 1.807) is 0 Å². The van der Waals surface area contributed by atoms with Crippen molar-refractivity contribution < 1.29 is 22.7 Å². The van der Waals surface area contributed by atoms with Crippen molar-refractivity contribution in [3.63, 3.8) is 0 Å². The van der Waals surface area contributed by atoms with Crippen molar-refractivity contribution in [1.82, 2.24) is 4.31 Å². The maximum absolute atomic E-state index is 11.3. The van der Waals surface area contributed by atoms with E-state index in [0.29, 0.717) is 0 Å². The first-order chi connectivity index (χ1) is 8.16. The molecule has 0 aromatic rings. The zero-order valence-electron chi connectivity index (χ0n) is 11.3. The molecule has 0 aromatic carbocycles. The lowest BCUT2D eigenvalue weighted by molar-refractivity contribution is -0.147. The molecule has 0 aliphatic rings. The predicted octanol–water partition coefficient (Wildman–Crippen LogP) is -0.827. The minimum atomic E-state index is -3.29. The van der Waals surface area contributed by atoms with Gasteiger partial charge in [0.15, 0.2) is 0 Å². The van der Waals surface area contributed by atoms with Gasteiger partial charge in [0.1, 0.15) is 12.7 Å². The van der Waals surface area contributed by atoms with Gasteiger partial charge in [-0.2, -0.15) is 0 Å². The quantitative estimate of drug-likeness (QED) is 0.584. The van der Waals surface area contributed by atoms with Crippen LogP contribution in [0.4, 0.5) is 0 Å². The molecule has 0 amide bonds. The Morgan fingerprint density at radius 3 is 2.33 bits per heavy atom. The summed E-state index contributed by atoms with van der Waals surface area (Å²) in [5.41, 5.74) is 5.11. The Morgan fingerprint density at radius 1 is 1.39 bits per heavy atom. The molecule has 0 aromatic heterocycles. The molecule has 0 fully saturated rings. The lowest BCUT2D eigenvalue weighted by atomic mass is 10.3. The Labute approximate surface area is 108 Å². The van der Waals surface area contributed by atoms with Crippen molar-refractivity contribution in [2.24, 2.45) is 5.73 Å². The summed E-state index contributed by atoms with van der Waals surface area (Å²) in [5, 5.41) is 0. The molecule has 108 valence electrons. The van der Waals surface area contributed by atoms with Gasteiger partial charge in [-0.3, -0.25) is 4.79 Å². The molecule has 0 heterocycles. The van der Waals surface area contributed by atoms with Gasteiger partial charge in [-0.25, -0.2) is 12.7 Å². The number of sulfonamides is 1. The largest absolute Gasteiger partial charge is 0.462 e. The number of carbonyl (C=O) groups excluding carboxylic acids is 1. The molecule has 2 N–H and O–H groups in total. The van der Waals surface area contributed by atoms with Crippen LogP contribution in [0.5, 0.6) is 0 Å². The molecular formula is C10H22N2O5S. The normalized spacial score (nSPS) is 13.9. The molecule has 0 saturated carbocycles. The van der Waals surface area contributed by atoms with Crippen LogP contribution in [0.1, 0.15) is 13.8 Å². The molecule has 0 rings (SSSR count). The van der Waals surface area contributed by atoms with Crippen molar-refractivity contribution >= 4 is 16.0 Å². The third kappa shape index (κ3) is 7.59. The minimum absolute atomic E-state index is 0.0198. The van der Waals surface area contributed by atoms with Crippen molar-refractivity contribution in [1.29, 1.82) is 0 Å². The number of esters is 1. The monoisotopic (exact) mass is 282 g/mol. The minimum Gasteiger partial charge on any atom is -0.462 e. The van der Waals surface area contributed by atoms with Gasteiger partial charge in [-0.1, -0.05) is 0 Å². The number of carbonyl (C=O) groups is 1. The summed E-state index contributed by atoms with van der Waals surface area (Å²) >= 11 is 0. The van der Waals surface area contributed by atoms with Crippen molar-refractivity contribution in [3.05, 3.63) is 0 Å². The van der Waals surface area contributed by atoms with E-state index in [-0.39, 0.29) is 25.8 Å². The van der Waals surface area contributed by atoms with Crippen LogP contribution in [0.15, 0.2) is 0 Å². The van der Waals surface area contributed by atoms with Gasteiger partial charge in [0.25, 0.3) is 0 Å². The van der Waals surface area contributed by atoms with E-state index < -0.39 is 22.1 Å². The zero-order chi connectivity index (χ0) is 14.3. The van der Waals surface area contributed by atoms with Gasteiger partial charge in [-0.15, -0.1) is 0 Å². The number of nitrogens with zero attached hydrogens (tertiary/aromatic N) is 1. The van der Waals surface area contributed by atoms with Crippen LogP contribution in [0.3, 0.4) is 0 Å². The third-order valence-corrected chi connectivity index (χ3v) is 3.37. The summed E-state index contributed by atoms with van der Waals surface area (Å²) in [4.78, 5) is 11.0. The van der Waals surface area contributed by atoms with Crippen molar-refractivity contribution in [2.75, 3.05) is 33.0 Å². The van der Waals surface area contributed by atoms with Crippen LogP contribution >= 0.6 is 0 Å².